The maximum Gasteiger partial charge on any atom is 0.282 e. The molecule has 32 heavy (non-hydrogen) atoms. The van der Waals surface area contributed by atoms with Crippen LogP contribution in [0.5, 0.6) is 0 Å². The van der Waals surface area contributed by atoms with Crippen LogP contribution in [0.15, 0.2) is 54.2 Å². The van der Waals surface area contributed by atoms with E-state index in [0.29, 0.717) is 52.8 Å². The number of carbonyl (C=O) groups excluding carboxylic acids is 3. The van der Waals surface area contributed by atoms with Gasteiger partial charge in [-0.05, 0) is 60.7 Å². The highest BCUT2D eigenvalue weighted by Crippen LogP contribution is 2.36. The summed E-state index contributed by atoms with van der Waals surface area (Å²) < 4.78 is 0. The maximum atomic E-state index is 13.5. The van der Waals surface area contributed by atoms with E-state index in [1.165, 1.54) is 11.8 Å². The van der Waals surface area contributed by atoms with Gasteiger partial charge in [-0.15, -0.1) is 0 Å². The first-order valence-electron chi connectivity index (χ1n) is 10.6. The molecule has 0 radical (unpaired) electrons. The molecule has 0 spiro atoms. The third-order valence-corrected chi connectivity index (χ3v) is 5.91. The summed E-state index contributed by atoms with van der Waals surface area (Å²) in [4.78, 5) is 41.6. The number of carbonyl (C=O) groups is 3. The molecule has 4 rings (SSSR count). The number of rotatable bonds is 4. The molecule has 3 amide bonds. The molecule has 1 saturated heterocycles. The Morgan fingerprint density at radius 1 is 1.00 bits per heavy atom. The SMILES string of the molecule is CC(=O)Nc1ccc(C2=C(N3CCC(C)CC3)C(=O)N(c3ccc(C#N)cc3)C2=O)cc1. The molecule has 7 heteroatoms. The molecule has 2 aromatic rings. The molecule has 0 bridgehead atoms. The van der Waals surface area contributed by atoms with Gasteiger partial charge in [-0.1, -0.05) is 19.1 Å². The molecule has 7 nitrogen and oxygen atoms in total. The van der Waals surface area contributed by atoms with Gasteiger partial charge in [0.05, 0.1) is 22.9 Å². The molecule has 0 aliphatic carbocycles. The van der Waals surface area contributed by atoms with Crippen LogP contribution in [0.2, 0.25) is 0 Å². The quantitative estimate of drug-likeness (QED) is 0.752. The average molecular weight is 428 g/mol. The van der Waals surface area contributed by atoms with Crippen molar-refractivity contribution < 1.29 is 14.4 Å². The number of piperidine rings is 1. The van der Waals surface area contributed by atoms with Gasteiger partial charge in [0.1, 0.15) is 5.70 Å². The van der Waals surface area contributed by atoms with Gasteiger partial charge < -0.3 is 10.2 Å². The summed E-state index contributed by atoms with van der Waals surface area (Å²) in [7, 11) is 0. The van der Waals surface area contributed by atoms with Crippen molar-refractivity contribution in [2.45, 2.75) is 26.7 Å². The van der Waals surface area contributed by atoms with Crippen LogP contribution in [0.1, 0.15) is 37.8 Å². The fraction of sp³-hybridized carbons (Fsp3) is 0.280. The normalized spacial score (nSPS) is 17.0. The van der Waals surface area contributed by atoms with Crippen LogP contribution in [0, 0.1) is 17.2 Å². The van der Waals surface area contributed by atoms with Gasteiger partial charge in [0.2, 0.25) is 5.91 Å². The Morgan fingerprint density at radius 2 is 1.62 bits per heavy atom. The lowest BCUT2D eigenvalue weighted by Gasteiger charge is -2.32. The number of imide groups is 1. The van der Waals surface area contributed by atoms with Gasteiger partial charge in [-0.3, -0.25) is 14.4 Å². The first-order valence-corrected chi connectivity index (χ1v) is 10.6. The highest BCUT2D eigenvalue weighted by molar-refractivity contribution is 6.45. The van der Waals surface area contributed by atoms with Crippen molar-refractivity contribution in [3.8, 4) is 6.07 Å². The molecule has 1 N–H and O–H groups in total. The van der Waals surface area contributed by atoms with E-state index in [0.717, 1.165) is 12.8 Å². The smallest absolute Gasteiger partial charge is 0.282 e. The van der Waals surface area contributed by atoms with Crippen LogP contribution in [0.4, 0.5) is 11.4 Å². The predicted octanol–water partition coefficient (Wildman–Crippen LogP) is 3.53. The number of nitrogens with zero attached hydrogens (tertiary/aromatic N) is 3. The second-order valence-electron chi connectivity index (χ2n) is 8.26. The molecular weight excluding hydrogens is 404 g/mol. The lowest BCUT2D eigenvalue weighted by Crippen LogP contribution is -2.38. The molecule has 2 aliphatic heterocycles. The molecular formula is C25H24N4O3. The molecule has 0 aromatic heterocycles. The number of likely N-dealkylation sites (tertiary alicyclic amines) is 1. The third-order valence-electron chi connectivity index (χ3n) is 5.91. The maximum absolute atomic E-state index is 13.5. The van der Waals surface area contributed by atoms with Crippen LogP contribution in [-0.4, -0.2) is 35.7 Å². The Balaban J connectivity index is 1.75. The molecule has 2 aromatic carbocycles. The first kappa shape index (κ1) is 21.3. The number of hydrogen-bond acceptors (Lipinski definition) is 5. The minimum absolute atomic E-state index is 0.181. The predicted molar refractivity (Wildman–Crippen MR) is 121 cm³/mol. The zero-order valence-corrected chi connectivity index (χ0v) is 18.1. The Hall–Kier alpha value is -3.92. The second-order valence-corrected chi connectivity index (χ2v) is 8.26. The van der Waals surface area contributed by atoms with E-state index in [1.807, 2.05) is 11.0 Å². The summed E-state index contributed by atoms with van der Waals surface area (Å²) in [5.74, 6) is -0.343. The van der Waals surface area contributed by atoms with Crippen LogP contribution in [0.3, 0.4) is 0 Å². The lowest BCUT2D eigenvalue weighted by atomic mass is 9.97. The van der Waals surface area contributed by atoms with E-state index in [-0.39, 0.29) is 17.7 Å². The summed E-state index contributed by atoms with van der Waals surface area (Å²) >= 11 is 0. The Kier molecular flexibility index (Phi) is 5.78. The number of nitriles is 1. The van der Waals surface area contributed by atoms with Crippen LogP contribution in [0.25, 0.3) is 5.57 Å². The van der Waals surface area contributed by atoms with Crippen molar-refractivity contribution in [3.05, 3.63) is 65.4 Å². The highest BCUT2D eigenvalue weighted by Gasteiger charge is 2.42. The third kappa shape index (κ3) is 4.00. The lowest BCUT2D eigenvalue weighted by molar-refractivity contribution is -0.121. The van der Waals surface area contributed by atoms with Gasteiger partial charge in [0.15, 0.2) is 0 Å². The summed E-state index contributed by atoms with van der Waals surface area (Å²) in [5.41, 5.74) is 2.92. The second kappa shape index (κ2) is 8.67. The van der Waals surface area contributed by atoms with E-state index in [1.54, 1.807) is 48.5 Å². The Morgan fingerprint density at radius 3 is 2.19 bits per heavy atom. The summed E-state index contributed by atoms with van der Waals surface area (Å²) in [6.07, 6.45) is 1.91. The van der Waals surface area contributed by atoms with Crippen LogP contribution < -0.4 is 10.2 Å². The van der Waals surface area contributed by atoms with Crippen molar-refractivity contribution in [2.75, 3.05) is 23.3 Å². The highest BCUT2D eigenvalue weighted by atomic mass is 16.2. The van der Waals surface area contributed by atoms with E-state index in [9.17, 15) is 14.4 Å². The summed E-state index contributed by atoms with van der Waals surface area (Å²) in [6.45, 7) is 5.05. The fourth-order valence-corrected chi connectivity index (χ4v) is 4.15. The Labute approximate surface area is 186 Å². The average Bonchev–Trinajstić information content (AvgIpc) is 3.04. The van der Waals surface area contributed by atoms with Gasteiger partial charge in [0, 0.05) is 25.7 Å². The van der Waals surface area contributed by atoms with Gasteiger partial charge in [-0.2, -0.15) is 5.26 Å². The minimum Gasteiger partial charge on any atom is -0.366 e. The number of nitrogens with one attached hydrogen (secondary N) is 1. The summed E-state index contributed by atoms with van der Waals surface area (Å²) in [6, 6.07) is 15.4. The zero-order chi connectivity index (χ0) is 22.8. The fourth-order valence-electron chi connectivity index (χ4n) is 4.15. The summed E-state index contributed by atoms with van der Waals surface area (Å²) in [5, 5.41) is 11.8. The molecule has 0 saturated carbocycles. The number of anilines is 2. The first-order chi connectivity index (χ1) is 15.4. The van der Waals surface area contributed by atoms with Crippen LogP contribution >= 0.6 is 0 Å². The molecule has 1 fully saturated rings. The van der Waals surface area contributed by atoms with Crippen molar-refractivity contribution in [1.29, 1.82) is 5.26 Å². The Bertz CT molecular complexity index is 1140. The molecule has 2 aliphatic rings. The van der Waals surface area contributed by atoms with E-state index in [2.05, 4.69) is 12.2 Å². The van der Waals surface area contributed by atoms with Gasteiger partial charge >= 0.3 is 0 Å². The standard InChI is InChI=1S/C25H24N4O3/c1-16-11-13-28(14-12-16)23-22(19-5-7-20(8-6-19)27-17(2)30)24(31)29(25(23)32)21-9-3-18(15-26)4-10-21/h3-10,16H,11-14H2,1-2H3,(H,27,30). The van der Waals surface area contributed by atoms with Crippen LogP contribution in [-0.2, 0) is 14.4 Å². The van der Waals surface area contributed by atoms with Crippen molar-refractivity contribution in [1.82, 2.24) is 4.90 Å². The van der Waals surface area contributed by atoms with E-state index in [4.69, 9.17) is 5.26 Å². The number of benzene rings is 2. The molecule has 162 valence electrons. The van der Waals surface area contributed by atoms with E-state index < -0.39 is 0 Å². The molecule has 2 heterocycles. The van der Waals surface area contributed by atoms with Gasteiger partial charge in [-0.25, -0.2) is 4.90 Å². The topological polar surface area (TPSA) is 93.5 Å². The molecule has 0 atom stereocenters. The zero-order valence-electron chi connectivity index (χ0n) is 18.1. The van der Waals surface area contributed by atoms with E-state index >= 15 is 0 Å². The number of hydrogen-bond donors (Lipinski definition) is 1. The van der Waals surface area contributed by atoms with Crippen molar-refractivity contribution in [3.63, 3.8) is 0 Å². The molecule has 0 unspecified atom stereocenters. The minimum atomic E-state index is -0.388. The monoisotopic (exact) mass is 428 g/mol. The van der Waals surface area contributed by atoms with Crippen molar-refractivity contribution in [2.24, 2.45) is 5.92 Å². The largest absolute Gasteiger partial charge is 0.366 e. The van der Waals surface area contributed by atoms with Crippen molar-refractivity contribution >= 4 is 34.7 Å². The van der Waals surface area contributed by atoms with Gasteiger partial charge in [0.25, 0.3) is 11.8 Å². The number of amides is 3.